The van der Waals surface area contributed by atoms with Gasteiger partial charge in [-0.15, -0.1) is 0 Å². The second-order valence-electron chi connectivity index (χ2n) is 26.7. The highest BCUT2D eigenvalue weighted by Gasteiger charge is 2.18. The van der Waals surface area contributed by atoms with Gasteiger partial charge in [0.15, 0.2) is 0 Å². The molecule has 6 heteroatoms. The van der Waals surface area contributed by atoms with Gasteiger partial charge in [0.05, 0.1) is 25.4 Å². The molecule has 0 heterocycles. The Bertz CT molecular complexity index is 1380. The first-order chi connectivity index (χ1) is 42.0. The summed E-state index contributed by atoms with van der Waals surface area (Å²) in [7, 11) is 0. The molecule has 2 atom stereocenters. The molecule has 0 aromatic heterocycles. The Labute approximate surface area is 532 Å². The molecule has 0 aliphatic heterocycles. The monoisotopic (exact) mass is 1190 g/mol. The van der Waals surface area contributed by atoms with Gasteiger partial charge in [-0.1, -0.05) is 391 Å². The number of carbonyl (C=O) groups is 2. The van der Waals surface area contributed by atoms with Gasteiger partial charge in [0.2, 0.25) is 5.91 Å². The molecule has 85 heavy (non-hydrogen) atoms. The number of allylic oxidation sites excluding steroid dienone is 5. The first kappa shape index (κ1) is 83.1. The Morgan fingerprint density at radius 3 is 0.918 bits per heavy atom. The highest BCUT2D eigenvalue weighted by Crippen LogP contribution is 2.20. The topological polar surface area (TPSA) is 95.9 Å². The Morgan fingerprint density at radius 1 is 0.329 bits per heavy atom. The van der Waals surface area contributed by atoms with E-state index in [-0.39, 0.29) is 18.5 Å². The van der Waals surface area contributed by atoms with E-state index in [0.717, 1.165) is 51.4 Å². The molecule has 2 unspecified atom stereocenters. The number of rotatable bonds is 73. The summed E-state index contributed by atoms with van der Waals surface area (Å²) in [6.45, 7) is 4.92. The number of carbonyl (C=O) groups excluding carboxylic acids is 2. The third-order valence-corrected chi connectivity index (χ3v) is 18.2. The summed E-state index contributed by atoms with van der Waals surface area (Å²) in [6.07, 6.45) is 96.9. The molecule has 0 spiro atoms. The first-order valence-corrected chi connectivity index (χ1v) is 38.8. The van der Waals surface area contributed by atoms with E-state index >= 15 is 0 Å². The molecule has 3 N–H and O–H groups in total. The van der Waals surface area contributed by atoms with Crippen LogP contribution in [0, 0.1) is 0 Å². The van der Waals surface area contributed by atoms with Crippen molar-refractivity contribution in [2.75, 3.05) is 13.2 Å². The van der Waals surface area contributed by atoms with Crippen molar-refractivity contribution in [2.24, 2.45) is 0 Å². The van der Waals surface area contributed by atoms with E-state index in [1.807, 2.05) is 6.08 Å². The Balaban J connectivity index is 3.33. The zero-order valence-corrected chi connectivity index (χ0v) is 57.6. The van der Waals surface area contributed by atoms with Crippen molar-refractivity contribution in [1.82, 2.24) is 5.32 Å². The van der Waals surface area contributed by atoms with Crippen LogP contribution < -0.4 is 5.32 Å². The van der Waals surface area contributed by atoms with Crippen LogP contribution >= 0.6 is 0 Å². The van der Waals surface area contributed by atoms with Crippen molar-refractivity contribution in [3.05, 3.63) is 36.5 Å². The van der Waals surface area contributed by atoms with E-state index in [2.05, 4.69) is 43.5 Å². The maximum Gasteiger partial charge on any atom is 0.305 e. The molecule has 0 radical (unpaired) electrons. The molecule has 0 aromatic carbocycles. The van der Waals surface area contributed by atoms with Crippen LogP contribution in [0.2, 0.25) is 0 Å². The number of aliphatic hydroxyl groups is 2. The molecule has 6 nitrogen and oxygen atoms in total. The minimum absolute atomic E-state index is 0.0143. The smallest absolute Gasteiger partial charge is 0.305 e. The van der Waals surface area contributed by atoms with Crippen LogP contribution in [-0.4, -0.2) is 47.4 Å². The van der Waals surface area contributed by atoms with Crippen molar-refractivity contribution < 1.29 is 24.5 Å². The van der Waals surface area contributed by atoms with E-state index in [0.29, 0.717) is 19.4 Å². The van der Waals surface area contributed by atoms with Gasteiger partial charge in [0.1, 0.15) is 0 Å². The molecule has 0 fully saturated rings. The van der Waals surface area contributed by atoms with Gasteiger partial charge in [-0.25, -0.2) is 0 Å². The third-order valence-electron chi connectivity index (χ3n) is 18.2. The van der Waals surface area contributed by atoms with Crippen LogP contribution in [0.15, 0.2) is 36.5 Å². The second-order valence-corrected chi connectivity index (χ2v) is 26.7. The molecular weight excluding hydrogens is 1040 g/mol. The molecule has 1 amide bonds. The summed E-state index contributed by atoms with van der Waals surface area (Å²) in [4.78, 5) is 24.6. The van der Waals surface area contributed by atoms with Gasteiger partial charge in [0, 0.05) is 12.8 Å². The highest BCUT2D eigenvalue weighted by molar-refractivity contribution is 5.76. The zero-order chi connectivity index (χ0) is 61.3. The normalized spacial score (nSPS) is 12.7. The Kier molecular flexibility index (Phi) is 72.9. The van der Waals surface area contributed by atoms with E-state index < -0.39 is 12.1 Å². The van der Waals surface area contributed by atoms with Crippen LogP contribution in [0.3, 0.4) is 0 Å². The van der Waals surface area contributed by atoms with E-state index in [1.165, 1.54) is 353 Å². The number of esters is 1. The lowest BCUT2D eigenvalue weighted by molar-refractivity contribution is -0.143. The fourth-order valence-electron chi connectivity index (χ4n) is 12.3. The molecule has 502 valence electrons. The van der Waals surface area contributed by atoms with Crippen molar-refractivity contribution in [3.8, 4) is 0 Å². The lowest BCUT2D eigenvalue weighted by atomic mass is 10.0. The highest BCUT2D eigenvalue weighted by atomic mass is 16.5. The molecule has 0 aromatic rings. The summed E-state index contributed by atoms with van der Waals surface area (Å²) in [5.41, 5.74) is 0. The molecule has 0 aliphatic carbocycles. The minimum Gasteiger partial charge on any atom is -0.466 e. The molecule has 0 saturated heterocycles. The second kappa shape index (κ2) is 74.5. The van der Waals surface area contributed by atoms with Crippen LogP contribution in [0.1, 0.15) is 431 Å². The molecule has 0 rings (SSSR count). The SMILES string of the molecule is CCCCC/C=C\C/C=C\CCCCCCCCCC(=O)OCCCCCCCCCCCCCCCCCCCCCCCCCCCCCCCCCCCC(=O)NC(CO)C(O)/C=C/CCCCCCCCCCCCCCCCCC. The molecule has 0 saturated carbocycles. The molecule has 0 bridgehead atoms. The summed E-state index contributed by atoms with van der Waals surface area (Å²) in [5.74, 6) is -0.0452. The standard InChI is InChI=1S/C79H151NO5/c1-3-5-7-9-11-13-15-17-19-21-40-43-47-51-55-59-63-67-71-77(82)76(75-81)80-78(83)72-68-64-60-56-52-48-44-41-37-35-33-31-29-27-25-23-22-24-26-28-30-32-34-36-38-42-46-50-54-58-62-66-70-74-85-79(84)73-69-65-61-57-53-49-45-39-20-18-16-14-12-10-8-6-4-2/h12,14,18,20,67,71,76-77,81-82H,3-11,13,15-17,19,21-66,68-70,72-75H2,1-2H3,(H,80,83)/b14-12-,20-18-,71-67+. The largest absolute Gasteiger partial charge is 0.466 e. The summed E-state index contributed by atoms with van der Waals surface area (Å²) < 4.78 is 5.51. The third kappa shape index (κ3) is 71.0. The van der Waals surface area contributed by atoms with E-state index in [9.17, 15) is 19.8 Å². The van der Waals surface area contributed by atoms with Crippen molar-refractivity contribution in [1.29, 1.82) is 0 Å². The van der Waals surface area contributed by atoms with Gasteiger partial charge in [-0.3, -0.25) is 9.59 Å². The number of nitrogens with one attached hydrogen (secondary N) is 1. The number of hydrogen-bond donors (Lipinski definition) is 3. The van der Waals surface area contributed by atoms with E-state index in [1.54, 1.807) is 6.08 Å². The predicted octanol–water partition coefficient (Wildman–Crippen LogP) is 25.4. The maximum absolute atomic E-state index is 12.5. The quantitative estimate of drug-likeness (QED) is 0.0320. The van der Waals surface area contributed by atoms with Crippen molar-refractivity contribution in [2.45, 2.75) is 443 Å². The fraction of sp³-hybridized carbons (Fsp3) is 0.899. The van der Waals surface area contributed by atoms with Crippen LogP contribution in [0.5, 0.6) is 0 Å². The number of aliphatic hydroxyl groups excluding tert-OH is 2. The van der Waals surface area contributed by atoms with Gasteiger partial charge in [0.25, 0.3) is 0 Å². The lowest BCUT2D eigenvalue weighted by Crippen LogP contribution is -2.45. The summed E-state index contributed by atoms with van der Waals surface area (Å²) in [5, 5.41) is 23.2. The van der Waals surface area contributed by atoms with Crippen LogP contribution in [0.4, 0.5) is 0 Å². The number of hydrogen-bond acceptors (Lipinski definition) is 5. The van der Waals surface area contributed by atoms with Crippen molar-refractivity contribution >= 4 is 11.9 Å². The molecular formula is C79H151NO5. The van der Waals surface area contributed by atoms with Gasteiger partial charge in [-0.2, -0.15) is 0 Å². The summed E-state index contributed by atoms with van der Waals surface area (Å²) >= 11 is 0. The predicted molar refractivity (Wildman–Crippen MR) is 375 cm³/mol. The van der Waals surface area contributed by atoms with Gasteiger partial charge >= 0.3 is 5.97 Å². The minimum atomic E-state index is -0.842. The van der Waals surface area contributed by atoms with Crippen LogP contribution in [0.25, 0.3) is 0 Å². The van der Waals surface area contributed by atoms with E-state index in [4.69, 9.17) is 4.74 Å². The molecule has 0 aliphatic rings. The zero-order valence-electron chi connectivity index (χ0n) is 57.6. The van der Waals surface area contributed by atoms with Crippen LogP contribution in [-0.2, 0) is 14.3 Å². The van der Waals surface area contributed by atoms with Gasteiger partial charge < -0.3 is 20.3 Å². The average Bonchev–Trinajstić information content (AvgIpc) is 3.51. The number of amides is 1. The fourth-order valence-corrected chi connectivity index (χ4v) is 12.3. The maximum atomic E-state index is 12.5. The Morgan fingerprint density at radius 2 is 0.588 bits per heavy atom. The number of unbranched alkanes of at least 4 members (excludes halogenated alkanes) is 58. The summed E-state index contributed by atoms with van der Waals surface area (Å²) in [6, 6.07) is -0.625. The first-order valence-electron chi connectivity index (χ1n) is 38.8. The Hall–Kier alpha value is -1.92. The number of ether oxygens (including phenoxy) is 1. The lowest BCUT2D eigenvalue weighted by Gasteiger charge is -2.20. The van der Waals surface area contributed by atoms with Gasteiger partial charge in [-0.05, 0) is 64.2 Å². The van der Waals surface area contributed by atoms with Crippen molar-refractivity contribution in [3.63, 3.8) is 0 Å². The average molecular weight is 1200 g/mol.